The first kappa shape index (κ1) is 13.2. The van der Waals surface area contributed by atoms with Crippen molar-refractivity contribution in [3.05, 3.63) is 18.2 Å². The van der Waals surface area contributed by atoms with Crippen LogP contribution in [0.3, 0.4) is 0 Å². The molecule has 0 fully saturated rings. The predicted molar refractivity (Wildman–Crippen MR) is 58.5 cm³/mol. The van der Waals surface area contributed by atoms with Gasteiger partial charge >= 0.3 is 0 Å². The van der Waals surface area contributed by atoms with Crippen LogP contribution >= 0.6 is 0 Å². The number of sulfonamides is 1. The standard InChI is InChI=1S/C8H12N4O4S/c1-6(13)12-17(15,16)3-2-10-8(14)7-4-9-5-11-7/h4-5H,2-3H2,1H3,(H,9,11)(H,10,14)(H,12,13). The van der Waals surface area contributed by atoms with Crippen molar-refractivity contribution in [2.45, 2.75) is 6.92 Å². The van der Waals surface area contributed by atoms with Crippen LogP contribution in [0.1, 0.15) is 17.4 Å². The van der Waals surface area contributed by atoms with E-state index < -0.39 is 21.8 Å². The van der Waals surface area contributed by atoms with Gasteiger partial charge in [-0.05, 0) is 0 Å². The van der Waals surface area contributed by atoms with Crippen LogP contribution in [0.4, 0.5) is 0 Å². The number of amides is 2. The Hall–Kier alpha value is -1.90. The number of nitrogens with zero attached hydrogens (tertiary/aromatic N) is 1. The second-order valence-electron chi connectivity index (χ2n) is 3.20. The maximum Gasteiger partial charge on any atom is 0.269 e. The van der Waals surface area contributed by atoms with E-state index in [1.807, 2.05) is 0 Å². The third-order valence-corrected chi connectivity index (χ3v) is 3.04. The molecule has 0 saturated heterocycles. The molecule has 0 atom stereocenters. The van der Waals surface area contributed by atoms with Gasteiger partial charge in [0.1, 0.15) is 5.69 Å². The largest absolute Gasteiger partial charge is 0.350 e. The number of hydrogen-bond acceptors (Lipinski definition) is 5. The molecule has 0 bridgehead atoms. The van der Waals surface area contributed by atoms with Crippen molar-refractivity contribution in [1.82, 2.24) is 20.0 Å². The van der Waals surface area contributed by atoms with E-state index >= 15 is 0 Å². The molecule has 2 amide bonds. The van der Waals surface area contributed by atoms with E-state index in [0.29, 0.717) is 0 Å². The topological polar surface area (TPSA) is 121 Å². The number of carbonyl (C=O) groups excluding carboxylic acids is 2. The van der Waals surface area contributed by atoms with Crippen LogP contribution in [0.25, 0.3) is 0 Å². The first-order chi connectivity index (χ1) is 7.91. The SMILES string of the molecule is CC(=O)NS(=O)(=O)CCNC(=O)c1cnc[nH]1. The summed E-state index contributed by atoms with van der Waals surface area (Å²) in [4.78, 5) is 28.1. The molecule has 1 aromatic rings. The summed E-state index contributed by atoms with van der Waals surface area (Å²) >= 11 is 0. The lowest BCUT2D eigenvalue weighted by atomic mass is 10.4. The van der Waals surface area contributed by atoms with Gasteiger partial charge in [0.15, 0.2) is 0 Å². The van der Waals surface area contributed by atoms with Crippen LogP contribution in [0.15, 0.2) is 12.5 Å². The summed E-state index contributed by atoms with van der Waals surface area (Å²) in [5, 5.41) is 2.37. The normalized spacial score (nSPS) is 10.9. The third kappa shape index (κ3) is 4.64. The molecule has 94 valence electrons. The molecule has 9 heteroatoms. The average Bonchev–Trinajstić information content (AvgIpc) is 2.67. The molecule has 0 unspecified atom stereocenters. The van der Waals surface area contributed by atoms with E-state index in [2.05, 4.69) is 15.3 Å². The van der Waals surface area contributed by atoms with Crippen LogP contribution in [0, 0.1) is 0 Å². The molecule has 0 aliphatic rings. The number of aromatic amines is 1. The Bertz CT molecular complexity index is 494. The number of carbonyl (C=O) groups is 2. The number of rotatable bonds is 5. The zero-order valence-electron chi connectivity index (χ0n) is 9.06. The number of imidazole rings is 1. The molecule has 17 heavy (non-hydrogen) atoms. The van der Waals surface area contributed by atoms with Crippen molar-refractivity contribution in [3.8, 4) is 0 Å². The third-order valence-electron chi connectivity index (χ3n) is 1.70. The summed E-state index contributed by atoms with van der Waals surface area (Å²) in [6, 6.07) is 0. The molecule has 1 rings (SSSR count). The smallest absolute Gasteiger partial charge is 0.269 e. The molecule has 3 N–H and O–H groups in total. The van der Waals surface area contributed by atoms with Gasteiger partial charge in [-0.25, -0.2) is 13.4 Å². The predicted octanol–water partition coefficient (Wildman–Crippen LogP) is -1.39. The Morgan fingerprint density at radius 1 is 1.47 bits per heavy atom. The lowest BCUT2D eigenvalue weighted by Gasteiger charge is -2.05. The van der Waals surface area contributed by atoms with Crippen LogP contribution in [0.2, 0.25) is 0 Å². The summed E-state index contributed by atoms with van der Waals surface area (Å²) in [5.41, 5.74) is 0.238. The summed E-state index contributed by atoms with van der Waals surface area (Å²) in [5.74, 6) is -1.49. The molecule has 0 saturated carbocycles. The van der Waals surface area contributed by atoms with Gasteiger partial charge < -0.3 is 10.3 Å². The van der Waals surface area contributed by atoms with Crippen molar-refractivity contribution in [2.75, 3.05) is 12.3 Å². The van der Waals surface area contributed by atoms with Gasteiger partial charge in [-0.3, -0.25) is 14.3 Å². The molecule has 0 aliphatic carbocycles. The summed E-state index contributed by atoms with van der Waals surface area (Å²) in [6.45, 7) is 1.00. The van der Waals surface area contributed by atoms with E-state index in [4.69, 9.17) is 0 Å². The fourth-order valence-electron chi connectivity index (χ4n) is 1.04. The van der Waals surface area contributed by atoms with Crippen LogP contribution < -0.4 is 10.0 Å². The van der Waals surface area contributed by atoms with Gasteiger partial charge in [-0.1, -0.05) is 0 Å². The van der Waals surface area contributed by atoms with Crippen LogP contribution in [-0.2, 0) is 14.8 Å². The minimum Gasteiger partial charge on any atom is -0.350 e. The zero-order chi connectivity index (χ0) is 12.9. The lowest BCUT2D eigenvalue weighted by Crippen LogP contribution is -2.36. The molecular weight excluding hydrogens is 248 g/mol. The minimum atomic E-state index is -3.69. The number of H-pyrrole nitrogens is 1. The Kier molecular flexibility index (Phi) is 4.21. The van der Waals surface area contributed by atoms with Crippen molar-refractivity contribution in [1.29, 1.82) is 0 Å². The van der Waals surface area contributed by atoms with E-state index in [1.54, 1.807) is 4.72 Å². The molecule has 0 radical (unpaired) electrons. The number of nitrogens with one attached hydrogen (secondary N) is 3. The Morgan fingerprint density at radius 2 is 2.18 bits per heavy atom. The molecular formula is C8H12N4O4S. The highest BCUT2D eigenvalue weighted by Crippen LogP contribution is 1.90. The molecule has 8 nitrogen and oxygen atoms in total. The second kappa shape index (κ2) is 5.43. The van der Waals surface area contributed by atoms with Crippen molar-refractivity contribution in [3.63, 3.8) is 0 Å². The summed E-state index contributed by atoms with van der Waals surface area (Å²) in [7, 11) is -3.69. The number of hydrogen-bond donors (Lipinski definition) is 3. The molecule has 0 aromatic carbocycles. The first-order valence-corrected chi connectivity index (χ1v) is 6.33. The second-order valence-corrected chi connectivity index (χ2v) is 5.04. The average molecular weight is 260 g/mol. The monoisotopic (exact) mass is 260 g/mol. The summed E-state index contributed by atoms with van der Waals surface area (Å²) in [6.07, 6.45) is 2.65. The lowest BCUT2D eigenvalue weighted by molar-refractivity contribution is -0.117. The van der Waals surface area contributed by atoms with E-state index in [9.17, 15) is 18.0 Å². The van der Waals surface area contributed by atoms with Gasteiger partial charge in [0, 0.05) is 13.5 Å². The highest BCUT2D eigenvalue weighted by atomic mass is 32.2. The van der Waals surface area contributed by atoms with E-state index in [1.165, 1.54) is 12.5 Å². The van der Waals surface area contributed by atoms with Crippen LogP contribution in [0.5, 0.6) is 0 Å². The minimum absolute atomic E-state index is 0.0968. The van der Waals surface area contributed by atoms with Crippen LogP contribution in [-0.4, -0.2) is 42.5 Å². The van der Waals surface area contributed by atoms with Gasteiger partial charge in [-0.15, -0.1) is 0 Å². The maximum atomic E-state index is 11.3. The highest BCUT2D eigenvalue weighted by molar-refractivity contribution is 7.90. The van der Waals surface area contributed by atoms with Gasteiger partial charge in [0.25, 0.3) is 5.91 Å². The Labute approximate surface area is 97.9 Å². The van der Waals surface area contributed by atoms with Gasteiger partial charge in [0.2, 0.25) is 15.9 Å². The van der Waals surface area contributed by atoms with Crippen molar-refractivity contribution < 1.29 is 18.0 Å². The van der Waals surface area contributed by atoms with Gasteiger partial charge in [-0.2, -0.15) is 0 Å². The van der Waals surface area contributed by atoms with Gasteiger partial charge in [0.05, 0.1) is 18.3 Å². The first-order valence-electron chi connectivity index (χ1n) is 4.68. The van der Waals surface area contributed by atoms with E-state index in [0.717, 1.165) is 6.92 Å². The van der Waals surface area contributed by atoms with Crippen molar-refractivity contribution in [2.24, 2.45) is 0 Å². The van der Waals surface area contributed by atoms with E-state index in [-0.39, 0.29) is 18.0 Å². The molecule has 0 spiro atoms. The quantitative estimate of drug-likeness (QED) is 0.601. The zero-order valence-corrected chi connectivity index (χ0v) is 9.87. The summed E-state index contributed by atoms with van der Waals surface area (Å²) < 4.78 is 24.2. The fraction of sp³-hybridized carbons (Fsp3) is 0.375. The Balaban J connectivity index is 2.38. The van der Waals surface area contributed by atoms with Crippen molar-refractivity contribution >= 4 is 21.8 Å². The molecule has 0 aliphatic heterocycles. The molecule has 1 aromatic heterocycles. The highest BCUT2D eigenvalue weighted by Gasteiger charge is 2.13. The molecule has 1 heterocycles. The maximum absolute atomic E-state index is 11.3. The Morgan fingerprint density at radius 3 is 2.71 bits per heavy atom. The number of aromatic nitrogens is 2. The fourth-order valence-corrected chi connectivity index (χ4v) is 1.96.